The van der Waals surface area contributed by atoms with Gasteiger partial charge in [-0.25, -0.2) is 4.68 Å². The summed E-state index contributed by atoms with van der Waals surface area (Å²) in [5.74, 6) is 0.359. The fraction of sp³-hybridized carbons (Fsp3) is 0.321. The largest absolute Gasteiger partial charge is 0.494 e. The number of aryl methyl sites for hydroxylation is 2. The van der Waals surface area contributed by atoms with Crippen LogP contribution in [0.4, 0.5) is 0 Å². The van der Waals surface area contributed by atoms with E-state index in [-0.39, 0.29) is 12.3 Å². The Morgan fingerprint density at radius 3 is 2.81 bits per heavy atom. The van der Waals surface area contributed by atoms with Crippen molar-refractivity contribution >= 4 is 17.0 Å². The van der Waals surface area contributed by atoms with Gasteiger partial charge in [0.25, 0.3) is 0 Å². The number of methoxy groups -OCH3 is 1. The fourth-order valence-electron chi connectivity index (χ4n) is 4.97. The summed E-state index contributed by atoms with van der Waals surface area (Å²) >= 11 is 0. The SMILES string of the molecule is COc1cc(C(CC(=O)O)c2ccc(C)c(CN3CCOc4ccccc4C3)c2)cc2nnn(C)c12. The summed E-state index contributed by atoms with van der Waals surface area (Å²) in [6, 6.07) is 18.2. The van der Waals surface area contributed by atoms with Crippen molar-refractivity contribution in [2.45, 2.75) is 32.4 Å². The molecule has 0 spiro atoms. The summed E-state index contributed by atoms with van der Waals surface area (Å²) in [7, 11) is 3.41. The molecule has 0 bridgehead atoms. The number of rotatable bonds is 7. The van der Waals surface area contributed by atoms with Gasteiger partial charge in [-0.3, -0.25) is 9.69 Å². The third-order valence-electron chi connectivity index (χ3n) is 6.89. The second-order valence-electron chi connectivity index (χ2n) is 9.31. The summed E-state index contributed by atoms with van der Waals surface area (Å²) in [5, 5.41) is 18.1. The molecule has 5 rings (SSSR count). The topological polar surface area (TPSA) is 89.7 Å². The van der Waals surface area contributed by atoms with E-state index in [4.69, 9.17) is 9.47 Å². The Kier molecular flexibility index (Phi) is 6.61. The van der Waals surface area contributed by atoms with Crippen LogP contribution >= 0.6 is 0 Å². The summed E-state index contributed by atoms with van der Waals surface area (Å²) < 4.78 is 13.2. The molecule has 0 radical (unpaired) electrons. The summed E-state index contributed by atoms with van der Waals surface area (Å²) in [5.41, 5.74) is 6.78. The number of carboxylic acids is 1. The lowest BCUT2D eigenvalue weighted by Gasteiger charge is -2.23. The predicted octanol–water partition coefficient (Wildman–Crippen LogP) is 4.29. The van der Waals surface area contributed by atoms with Crippen LogP contribution in [0.5, 0.6) is 11.5 Å². The zero-order valence-electron chi connectivity index (χ0n) is 20.8. The second-order valence-corrected chi connectivity index (χ2v) is 9.31. The van der Waals surface area contributed by atoms with Gasteiger partial charge in [0.15, 0.2) is 0 Å². The lowest BCUT2D eigenvalue weighted by atomic mass is 9.86. The highest BCUT2D eigenvalue weighted by atomic mass is 16.5. The number of nitrogens with zero attached hydrogens (tertiary/aromatic N) is 4. The van der Waals surface area contributed by atoms with Crippen molar-refractivity contribution in [2.24, 2.45) is 7.05 Å². The van der Waals surface area contributed by atoms with Crippen molar-refractivity contribution < 1.29 is 19.4 Å². The Morgan fingerprint density at radius 1 is 1.17 bits per heavy atom. The number of ether oxygens (including phenoxy) is 2. The molecular weight excluding hydrogens is 456 g/mol. The van der Waals surface area contributed by atoms with Crippen molar-refractivity contribution in [3.63, 3.8) is 0 Å². The van der Waals surface area contributed by atoms with Crippen LogP contribution in [-0.4, -0.2) is 51.2 Å². The van der Waals surface area contributed by atoms with Gasteiger partial charge >= 0.3 is 5.97 Å². The van der Waals surface area contributed by atoms with Gasteiger partial charge in [-0.1, -0.05) is 41.6 Å². The van der Waals surface area contributed by atoms with Crippen LogP contribution in [0, 0.1) is 6.92 Å². The third-order valence-corrected chi connectivity index (χ3v) is 6.89. The zero-order chi connectivity index (χ0) is 25.2. The quantitative estimate of drug-likeness (QED) is 0.417. The predicted molar refractivity (Wildman–Crippen MR) is 136 cm³/mol. The van der Waals surface area contributed by atoms with Gasteiger partial charge in [0, 0.05) is 38.2 Å². The van der Waals surface area contributed by atoms with Crippen molar-refractivity contribution in [1.82, 2.24) is 19.9 Å². The fourth-order valence-corrected chi connectivity index (χ4v) is 4.97. The first-order chi connectivity index (χ1) is 17.4. The standard InChI is InChI=1S/C28H30N4O4/c1-18-8-9-19(12-22(18)17-32-10-11-36-25-7-5-4-6-20(25)16-32)23(15-27(33)34)21-13-24-28(26(14-21)35-3)31(2)30-29-24/h4-9,12-14,23H,10-11,15-17H2,1-3H3,(H,33,34). The maximum atomic E-state index is 11.9. The third kappa shape index (κ3) is 4.77. The number of hydrogen-bond acceptors (Lipinski definition) is 6. The Bertz CT molecular complexity index is 1410. The van der Waals surface area contributed by atoms with Crippen molar-refractivity contribution in [3.05, 3.63) is 82.4 Å². The first-order valence-corrected chi connectivity index (χ1v) is 12.0. The molecule has 36 heavy (non-hydrogen) atoms. The molecular formula is C28H30N4O4. The van der Waals surface area contributed by atoms with E-state index < -0.39 is 5.97 Å². The van der Waals surface area contributed by atoms with Crippen LogP contribution in [0.15, 0.2) is 54.6 Å². The molecule has 3 aromatic carbocycles. The van der Waals surface area contributed by atoms with Crippen LogP contribution in [0.25, 0.3) is 11.0 Å². The number of aromatic nitrogens is 3. The highest BCUT2D eigenvalue weighted by molar-refractivity contribution is 5.83. The van der Waals surface area contributed by atoms with Crippen LogP contribution in [0.1, 0.15) is 40.2 Å². The van der Waals surface area contributed by atoms with Crippen molar-refractivity contribution in [1.29, 1.82) is 0 Å². The molecule has 1 atom stereocenters. The molecule has 0 amide bonds. The number of fused-ring (bicyclic) bond motifs is 2. The van der Waals surface area contributed by atoms with Gasteiger partial charge in [-0.15, -0.1) is 5.10 Å². The molecule has 1 aliphatic heterocycles. The highest BCUT2D eigenvalue weighted by Crippen LogP contribution is 2.35. The van der Waals surface area contributed by atoms with Crippen molar-refractivity contribution in [3.8, 4) is 11.5 Å². The highest BCUT2D eigenvalue weighted by Gasteiger charge is 2.23. The van der Waals surface area contributed by atoms with Crippen LogP contribution in [0.3, 0.4) is 0 Å². The maximum Gasteiger partial charge on any atom is 0.304 e. The summed E-state index contributed by atoms with van der Waals surface area (Å²) in [4.78, 5) is 14.3. The van der Waals surface area contributed by atoms with Gasteiger partial charge in [0.05, 0.1) is 13.5 Å². The van der Waals surface area contributed by atoms with Crippen LogP contribution in [0.2, 0.25) is 0 Å². The molecule has 0 saturated carbocycles. The first-order valence-electron chi connectivity index (χ1n) is 12.0. The van der Waals surface area contributed by atoms with E-state index in [0.717, 1.165) is 42.0 Å². The molecule has 2 heterocycles. The normalized spacial score (nSPS) is 14.6. The lowest BCUT2D eigenvalue weighted by molar-refractivity contribution is -0.137. The van der Waals surface area contributed by atoms with Gasteiger partial charge in [-0.2, -0.15) is 0 Å². The maximum absolute atomic E-state index is 11.9. The smallest absolute Gasteiger partial charge is 0.304 e. The molecule has 4 aromatic rings. The Morgan fingerprint density at radius 2 is 2.00 bits per heavy atom. The van der Waals surface area contributed by atoms with E-state index in [1.165, 1.54) is 16.7 Å². The molecule has 1 aliphatic rings. The van der Waals surface area contributed by atoms with Gasteiger partial charge in [-0.05, 0) is 47.4 Å². The molecule has 8 heteroatoms. The Labute approximate surface area is 210 Å². The minimum atomic E-state index is -0.860. The zero-order valence-corrected chi connectivity index (χ0v) is 20.8. The van der Waals surface area contributed by atoms with Crippen LogP contribution in [-0.2, 0) is 24.9 Å². The molecule has 0 aliphatic carbocycles. The van der Waals surface area contributed by atoms with E-state index >= 15 is 0 Å². The summed E-state index contributed by atoms with van der Waals surface area (Å²) in [6.45, 7) is 5.11. The molecule has 0 saturated heterocycles. The molecule has 1 N–H and O–H groups in total. The van der Waals surface area contributed by atoms with E-state index in [2.05, 4.69) is 40.3 Å². The van der Waals surface area contributed by atoms with Crippen LogP contribution < -0.4 is 9.47 Å². The average Bonchev–Trinajstić information content (AvgIpc) is 3.12. The summed E-state index contributed by atoms with van der Waals surface area (Å²) in [6.07, 6.45) is -0.0393. The second kappa shape index (κ2) is 9.99. The Hall–Kier alpha value is -3.91. The minimum absolute atomic E-state index is 0.0393. The number of hydrogen-bond donors (Lipinski definition) is 1. The van der Waals surface area contributed by atoms with Gasteiger partial charge in [0.2, 0.25) is 0 Å². The molecule has 186 valence electrons. The lowest BCUT2D eigenvalue weighted by Crippen LogP contribution is -2.25. The molecule has 8 nitrogen and oxygen atoms in total. The minimum Gasteiger partial charge on any atom is -0.494 e. The van der Waals surface area contributed by atoms with Crippen molar-refractivity contribution in [2.75, 3.05) is 20.3 Å². The van der Waals surface area contributed by atoms with Gasteiger partial charge in [0.1, 0.15) is 29.1 Å². The number of carboxylic acid groups (broad SMARTS) is 1. The number of para-hydroxylation sites is 1. The molecule has 0 fully saturated rings. The number of benzene rings is 3. The van der Waals surface area contributed by atoms with Gasteiger partial charge < -0.3 is 14.6 Å². The van der Waals surface area contributed by atoms with E-state index in [9.17, 15) is 9.90 Å². The average molecular weight is 487 g/mol. The van der Waals surface area contributed by atoms with E-state index in [0.29, 0.717) is 17.9 Å². The van der Waals surface area contributed by atoms with E-state index in [1.54, 1.807) is 11.8 Å². The first kappa shape index (κ1) is 23.8. The van der Waals surface area contributed by atoms with E-state index in [1.807, 2.05) is 43.4 Å². The molecule has 1 aromatic heterocycles. The monoisotopic (exact) mass is 486 g/mol. The molecule has 1 unspecified atom stereocenters. The Balaban J connectivity index is 1.49. The number of aliphatic carboxylic acids is 1. The number of carbonyl (C=O) groups is 1.